The molecular weight excluding hydrogens is 298 g/mol. The molecule has 1 aromatic carbocycles. The molecule has 0 radical (unpaired) electrons. The van der Waals surface area contributed by atoms with E-state index in [1.54, 1.807) is 6.07 Å². The number of nitrogens with two attached hydrogens (primary N) is 1. The predicted octanol–water partition coefficient (Wildman–Crippen LogP) is 1.50. The summed E-state index contributed by atoms with van der Waals surface area (Å²) in [6, 6.07) is 5.85. The average Bonchev–Trinajstić information content (AvgIpc) is 2.86. The van der Waals surface area contributed by atoms with Crippen LogP contribution >= 0.6 is 15.9 Å². The van der Waals surface area contributed by atoms with Crippen LogP contribution < -0.4 is 10.6 Å². The van der Waals surface area contributed by atoms with Crippen molar-refractivity contribution in [2.45, 2.75) is 18.9 Å². The maximum atomic E-state index is 9.32. The SMILES string of the molecule is N/C(=N/O)c1ccc(N2CCCC2CO)cc1Br. The zero-order valence-electron chi connectivity index (χ0n) is 9.88. The van der Waals surface area contributed by atoms with E-state index < -0.39 is 0 Å². The lowest BCUT2D eigenvalue weighted by Crippen LogP contribution is -2.32. The van der Waals surface area contributed by atoms with E-state index in [0.717, 1.165) is 29.5 Å². The topological polar surface area (TPSA) is 82.1 Å². The van der Waals surface area contributed by atoms with Crippen LogP contribution in [0.15, 0.2) is 27.8 Å². The van der Waals surface area contributed by atoms with Gasteiger partial charge in [0.15, 0.2) is 5.84 Å². The van der Waals surface area contributed by atoms with Crippen LogP contribution in [0.25, 0.3) is 0 Å². The molecule has 18 heavy (non-hydrogen) atoms. The maximum Gasteiger partial charge on any atom is 0.171 e. The van der Waals surface area contributed by atoms with Crippen LogP contribution in [0.4, 0.5) is 5.69 Å². The number of oxime groups is 1. The summed E-state index contributed by atoms with van der Waals surface area (Å²) in [7, 11) is 0. The summed E-state index contributed by atoms with van der Waals surface area (Å²) in [5.41, 5.74) is 7.26. The fraction of sp³-hybridized carbons (Fsp3) is 0.417. The second-order valence-corrected chi connectivity index (χ2v) is 5.18. The number of rotatable bonds is 3. The molecule has 0 aromatic heterocycles. The van der Waals surface area contributed by atoms with Gasteiger partial charge in [0, 0.05) is 22.3 Å². The minimum Gasteiger partial charge on any atom is -0.409 e. The molecule has 0 aliphatic carbocycles. The largest absolute Gasteiger partial charge is 0.409 e. The molecule has 0 bridgehead atoms. The van der Waals surface area contributed by atoms with E-state index in [9.17, 15) is 5.11 Å². The van der Waals surface area contributed by atoms with Crippen LogP contribution in [-0.2, 0) is 0 Å². The highest BCUT2D eigenvalue weighted by Gasteiger charge is 2.24. The zero-order chi connectivity index (χ0) is 13.1. The van der Waals surface area contributed by atoms with E-state index in [2.05, 4.69) is 26.0 Å². The van der Waals surface area contributed by atoms with Crippen LogP contribution in [0.3, 0.4) is 0 Å². The number of amidine groups is 1. The van der Waals surface area contributed by atoms with E-state index in [1.165, 1.54) is 0 Å². The Balaban J connectivity index is 2.29. The minimum absolute atomic E-state index is 0.0774. The Morgan fingerprint density at radius 2 is 2.33 bits per heavy atom. The van der Waals surface area contributed by atoms with Gasteiger partial charge in [-0.15, -0.1) is 0 Å². The first-order chi connectivity index (χ1) is 8.67. The first-order valence-corrected chi connectivity index (χ1v) is 6.61. The van der Waals surface area contributed by atoms with Gasteiger partial charge in [-0.1, -0.05) is 5.16 Å². The van der Waals surface area contributed by atoms with Gasteiger partial charge in [0.1, 0.15) is 0 Å². The molecule has 2 rings (SSSR count). The van der Waals surface area contributed by atoms with E-state index in [0.29, 0.717) is 5.56 Å². The van der Waals surface area contributed by atoms with Gasteiger partial charge in [-0.25, -0.2) is 0 Å². The van der Waals surface area contributed by atoms with Gasteiger partial charge in [0.2, 0.25) is 0 Å². The molecule has 0 spiro atoms. The van der Waals surface area contributed by atoms with Crippen LogP contribution in [0.2, 0.25) is 0 Å². The van der Waals surface area contributed by atoms with Crippen molar-refractivity contribution in [3.05, 3.63) is 28.2 Å². The monoisotopic (exact) mass is 313 g/mol. The smallest absolute Gasteiger partial charge is 0.171 e. The van der Waals surface area contributed by atoms with E-state index in [4.69, 9.17) is 10.9 Å². The number of benzene rings is 1. The summed E-state index contributed by atoms with van der Waals surface area (Å²) in [6.45, 7) is 1.11. The molecule has 1 atom stereocenters. The fourth-order valence-corrected chi connectivity index (χ4v) is 2.88. The normalized spacial score (nSPS) is 20.4. The zero-order valence-corrected chi connectivity index (χ0v) is 11.5. The Kier molecular flexibility index (Phi) is 4.08. The first kappa shape index (κ1) is 13.2. The fourth-order valence-electron chi connectivity index (χ4n) is 2.31. The summed E-state index contributed by atoms with van der Waals surface area (Å²) >= 11 is 3.42. The van der Waals surface area contributed by atoms with Gasteiger partial charge in [0.25, 0.3) is 0 Å². The minimum atomic E-state index is 0.0774. The lowest BCUT2D eigenvalue weighted by atomic mass is 10.1. The molecule has 0 saturated carbocycles. The lowest BCUT2D eigenvalue weighted by Gasteiger charge is -2.25. The molecule has 5 nitrogen and oxygen atoms in total. The average molecular weight is 314 g/mol. The molecule has 98 valence electrons. The van der Waals surface area contributed by atoms with Crippen LogP contribution in [0.5, 0.6) is 0 Å². The number of hydrogen-bond donors (Lipinski definition) is 3. The predicted molar refractivity (Wildman–Crippen MR) is 74.1 cm³/mol. The Labute approximate surface area is 114 Å². The molecule has 0 amide bonds. The second kappa shape index (κ2) is 5.58. The summed E-state index contributed by atoms with van der Waals surface area (Å²) in [4.78, 5) is 2.18. The van der Waals surface area contributed by atoms with Crippen molar-refractivity contribution in [1.29, 1.82) is 0 Å². The number of aliphatic hydroxyl groups is 1. The maximum absolute atomic E-state index is 9.32. The molecule has 1 fully saturated rings. The van der Waals surface area contributed by atoms with E-state index >= 15 is 0 Å². The highest BCUT2D eigenvalue weighted by molar-refractivity contribution is 9.10. The molecule has 1 unspecified atom stereocenters. The van der Waals surface area contributed by atoms with Crippen molar-refractivity contribution >= 4 is 27.5 Å². The van der Waals surface area contributed by atoms with Gasteiger partial charge in [-0.05, 0) is 47.0 Å². The summed E-state index contributed by atoms with van der Waals surface area (Å²) in [6.07, 6.45) is 2.10. The van der Waals surface area contributed by atoms with Gasteiger partial charge in [-0.2, -0.15) is 0 Å². The number of nitrogens with zero attached hydrogens (tertiary/aromatic N) is 2. The quantitative estimate of drug-likeness (QED) is 0.342. The van der Waals surface area contributed by atoms with Crippen molar-refractivity contribution in [3.63, 3.8) is 0 Å². The Bertz CT molecular complexity index is 465. The Morgan fingerprint density at radius 3 is 2.94 bits per heavy atom. The highest BCUT2D eigenvalue weighted by atomic mass is 79.9. The van der Waals surface area contributed by atoms with Gasteiger partial charge < -0.3 is 20.9 Å². The van der Waals surface area contributed by atoms with Crippen LogP contribution in [-0.4, -0.2) is 35.3 Å². The molecular formula is C12H16BrN3O2. The van der Waals surface area contributed by atoms with Crippen molar-refractivity contribution < 1.29 is 10.3 Å². The van der Waals surface area contributed by atoms with Crippen LogP contribution in [0.1, 0.15) is 18.4 Å². The van der Waals surface area contributed by atoms with E-state index in [-0.39, 0.29) is 18.5 Å². The first-order valence-electron chi connectivity index (χ1n) is 5.82. The molecule has 4 N–H and O–H groups in total. The highest BCUT2D eigenvalue weighted by Crippen LogP contribution is 2.29. The van der Waals surface area contributed by atoms with Crippen molar-refractivity contribution in [1.82, 2.24) is 0 Å². The summed E-state index contributed by atoms with van der Waals surface area (Å²) in [5, 5.41) is 21.0. The lowest BCUT2D eigenvalue weighted by molar-refractivity contribution is 0.266. The van der Waals surface area contributed by atoms with Crippen molar-refractivity contribution in [2.75, 3.05) is 18.1 Å². The third-order valence-corrected chi connectivity index (χ3v) is 3.91. The molecule has 1 heterocycles. The second-order valence-electron chi connectivity index (χ2n) is 4.32. The van der Waals surface area contributed by atoms with E-state index in [1.807, 2.05) is 12.1 Å². The van der Waals surface area contributed by atoms with Crippen molar-refractivity contribution in [2.24, 2.45) is 10.9 Å². The van der Waals surface area contributed by atoms with Gasteiger partial charge in [0.05, 0.1) is 12.6 Å². The van der Waals surface area contributed by atoms with Gasteiger partial charge >= 0.3 is 0 Å². The van der Waals surface area contributed by atoms with Gasteiger partial charge in [-0.3, -0.25) is 0 Å². The number of anilines is 1. The standard InChI is InChI=1S/C12H16BrN3O2/c13-11-6-8(3-4-10(11)12(14)15-18)16-5-1-2-9(16)7-17/h3-4,6,9,17-18H,1-2,5,7H2,(H2,14,15). The molecule has 1 aromatic rings. The number of aliphatic hydroxyl groups excluding tert-OH is 1. The number of halogens is 1. The third kappa shape index (κ3) is 2.44. The Morgan fingerprint density at radius 1 is 1.56 bits per heavy atom. The van der Waals surface area contributed by atoms with Crippen LogP contribution in [0, 0.1) is 0 Å². The molecule has 6 heteroatoms. The summed E-state index contributed by atoms with van der Waals surface area (Å²) in [5.74, 6) is 0.0774. The molecule has 1 aliphatic heterocycles. The number of hydrogen-bond acceptors (Lipinski definition) is 4. The summed E-state index contributed by atoms with van der Waals surface area (Å²) < 4.78 is 0.777. The Hall–Kier alpha value is -1.27. The molecule has 1 aliphatic rings. The molecule has 1 saturated heterocycles. The van der Waals surface area contributed by atoms with Crippen molar-refractivity contribution in [3.8, 4) is 0 Å². The third-order valence-electron chi connectivity index (χ3n) is 3.26.